The molecule has 6 nitrogen and oxygen atoms in total. The molecule has 0 fully saturated rings. The molecule has 3 rings (SSSR count). The van der Waals surface area contributed by atoms with E-state index in [2.05, 4.69) is 15.5 Å². The van der Waals surface area contributed by atoms with Gasteiger partial charge in [-0.25, -0.2) is 0 Å². The summed E-state index contributed by atoms with van der Waals surface area (Å²) in [5.41, 5.74) is 2.30. The summed E-state index contributed by atoms with van der Waals surface area (Å²) in [6, 6.07) is 11.7. The van der Waals surface area contributed by atoms with Crippen molar-refractivity contribution in [3.8, 4) is 11.7 Å². The van der Waals surface area contributed by atoms with E-state index < -0.39 is 0 Å². The Morgan fingerprint density at radius 1 is 1.24 bits per heavy atom. The molecule has 1 amide bonds. The highest BCUT2D eigenvalue weighted by Gasteiger charge is 2.15. The largest absolute Gasteiger partial charge is 0.459 e. The number of benzene rings is 1. The quantitative estimate of drug-likeness (QED) is 0.644. The van der Waals surface area contributed by atoms with Gasteiger partial charge in [0.2, 0.25) is 5.91 Å². The third-order valence-corrected chi connectivity index (χ3v) is 4.51. The van der Waals surface area contributed by atoms with E-state index in [1.165, 1.54) is 23.6 Å². The monoisotopic (exact) mass is 357 g/mol. The van der Waals surface area contributed by atoms with Crippen LogP contribution >= 0.6 is 11.8 Å². The van der Waals surface area contributed by atoms with Crippen LogP contribution in [0.2, 0.25) is 0 Å². The molecule has 0 spiro atoms. The second kappa shape index (κ2) is 8.02. The van der Waals surface area contributed by atoms with Crippen molar-refractivity contribution in [2.24, 2.45) is 0 Å². The van der Waals surface area contributed by atoms with Gasteiger partial charge in [0, 0.05) is 0 Å². The number of nitrogens with zero attached hydrogens (tertiary/aromatic N) is 2. The maximum atomic E-state index is 12.2. The van der Waals surface area contributed by atoms with E-state index in [1.807, 2.05) is 38.1 Å². The van der Waals surface area contributed by atoms with Gasteiger partial charge in [0.05, 0.1) is 18.1 Å². The lowest BCUT2D eigenvalue weighted by molar-refractivity contribution is -0.119. The van der Waals surface area contributed by atoms with Crippen LogP contribution in [-0.4, -0.2) is 21.9 Å². The normalized spacial score (nSPS) is 12.1. The van der Waals surface area contributed by atoms with Crippen molar-refractivity contribution >= 4 is 17.7 Å². The molecule has 7 heteroatoms. The minimum Gasteiger partial charge on any atom is -0.459 e. The Labute approximate surface area is 150 Å². The summed E-state index contributed by atoms with van der Waals surface area (Å²) < 4.78 is 10.7. The Hall–Kier alpha value is -2.54. The van der Waals surface area contributed by atoms with Crippen LogP contribution < -0.4 is 5.32 Å². The number of amides is 1. The first-order valence-corrected chi connectivity index (χ1v) is 9.00. The predicted molar refractivity (Wildman–Crippen MR) is 95.1 cm³/mol. The van der Waals surface area contributed by atoms with Crippen molar-refractivity contribution in [1.29, 1.82) is 0 Å². The smallest absolute Gasteiger partial charge is 0.284 e. The summed E-state index contributed by atoms with van der Waals surface area (Å²) in [5, 5.41) is 11.2. The number of rotatable bonds is 7. The first-order valence-electron chi connectivity index (χ1n) is 8.02. The highest BCUT2D eigenvalue weighted by molar-refractivity contribution is 7.99. The number of carbonyl (C=O) groups excluding carboxylic acids is 1. The molecule has 0 saturated carbocycles. The maximum absolute atomic E-state index is 12.2. The van der Waals surface area contributed by atoms with Crippen molar-refractivity contribution in [3.05, 3.63) is 53.8 Å². The highest BCUT2D eigenvalue weighted by Crippen LogP contribution is 2.23. The summed E-state index contributed by atoms with van der Waals surface area (Å²) >= 11 is 1.20. The lowest BCUT2D eigenvalue weighted by atomic mass is 10.0. The third kappa shape index (κ3) is 4.51. The fraction of sp³-hybridized carbons (Fsp3) is 0.278. The number of nitrogens with one attached hydrogen (secondary N) is 1. The molecule has 25 heavy (non-hydrogen) atoms. The second-order valence-electron chi connectivity index (χ2n) is 5.58. The first kappa shape index (κ1) is 17.3. The van der Waals surface area contributed by atoms with Crippen LogP contribution in [0.1, 0.15) is 30.5 Å². The Balaban J connectivity index is 1.54. The topological polar surface area (TPSA) is 81.2 Å². The van der Waals surface area contributed by atoms with Crippen LogP contribution in [-0.2, 0) is 4.79 Å². The molecule has 2 aromatic heterocycles. The van der Waals surface area contributed by atoms with Crippen LogP contribution in [0.4, 0.5) is 0 Å². The summed E-state index contributed by atoms with van der Waals surface area (Å²) in [6.45, 7) is 4.09. The molecule has 0 radical (unpaired) electrons. The summed E-state index contributed by atoms with van der Waals surface area (Å²) in [7, 11) is 0. The Bertz CT molecular complexity index is 812. The van der Waals surface area contributed by atoms with Crippen molar-refractivity contribution in [2.75, 3.05) is 5.75 Å². The molecular weight excluding hydrogens is 338 g/mol. The Kier molecular flexibility index (Phi) is 5.55. The number of thioether (sulfide) groups is 1. The standard InChI is InChI=1S/C18H19N3O3S/c1-3-14(13-8-6-12(2)7-9-13)19-16(22)11-25-18-21-20-17(24-18)15-5-4-10-23-15/h4-10,14H,3,11H2,1-2H3,(H,19,22)/t14-/m0/s1. The van der Waals surface area contributed by atoms with Crippen LogP contribution in [0.25, 0.3) is 11.7 Å². The van der Waals surface area contributed by atoms with Gasteiger partial charge in [-0.2, -0.15) is 0 Å². The fourth-order valence-electron chi connectivity index (χ4n) is 2.35. The minimum absolute atomic E-state index is 0.00457. The van der Waals surface area contributed by atoms with Crippen LogP contribution in [0.3, 0.4) is 0 Å². The number of aromatic nitrogens is 2. The average molecular weight is 357 g/mol. The van der Waals surface area contributed by atoms with E-state index in [-0.39, 0.29) is 17.7 Å². The molecule has 1 aromatic carbocycles. The molecule has 2 heterocycles. The van der Waals surface area contributed by atoms with Crippen molar-refractivity contribution < 1.29 is 13.6 Å². The van der Waals surface area contributed by atoms with E-state index >= 15 is 0 Å². The summed E-state index contributed by atoms with van der Waals surface area (Å²) in [6.07, 6.45) is 2.36. The molecule has 0 aliphatic rings. The zero-order chi connectivity index (χ0) is 17.6. The van der Waals surface area contributed by atoms with Gasteiger partial charge in [-0.15, -0.1) is 10.2 Å². The molecule has 0 aliphatic heterocycles. The number of hydrogen-bond acceptors (Lipinski definition) is 6. The average Bonchev–Trinajstić information content (AvgIpc) is 3.30. The van der Waals surface area contributed by atoms with E-state index in [0.29, 0.717) is 16.9 Å². The van der Waals surface area contributed by atoms with Gasteiger partial charge in [-0.05, 0) is 31.0 Å². The lowest BCUT2D eigenvalue weighted by Crippen LogP contribution is -2.29. The van der Waals surface area contributed by atoms with Crippen LogP contribution in [0.15, 0.2) is 56.7 Å². The number of aryl methyl sites for hydroxylation is 1. The zero-order valence-corrected chi connectivity index (χ0v) is 14.9. The van der Waals surface area contributed by atoms with Gasteiger partial charge < -0.3 is 14.2 Å². The number of carbonyl (C=O) groups is 1. The van der Waals surface area contributed by atoms with Gasteiger partial charge in [0.1, 0.15) is 0 Å². The van der Waals surface area contributed by atoms with Gasteiger partial charge in [0.15, 0.2) is 5.76 Å². The van der Waals surface area contributed by atoms with Crippen molar-refractivity contribution in [1.82, 2.24) is 15.5 Å². The molecule has 0 aliphatic carbocycles. The van der Waals surface area contributed by atoms with E-state index in [0.717, 1.165) is 12.0 Å². The molecule has 0 saturated heterocycles. The van der Waals surface area contributed by atoms with E-state index in [9.17, 15) is 4.79 Å². The maximum Gasteiger partial charge on any atom is 0.284 e. The third-order valence-electron chi connectivity index (χ3n) is 3.69. The van der Waals surface area contributed by atoms with Gasteiger partial charge in [-0.1, -0.05) is 48.5 Å². The first-order chi connectivity index (χ1) is 12.2. The number of hydrogen-bond donors (Lipinski definition) is 1. The molecule has 3 aromatic rings. The Morgan fingerprint density at radius 2 is 2.04 bits per heavy atom. The Morgan fingerprint density at radius 3 is 2.72 bits per heavy atom. The van der Waals surface area contributed by atoms with Gasteiger partial charge in [-0.3, -0.25) is 4.79 Å². The molecule has 130 valence electrons. The van der Waals surface area contributed by atoms with E-state index in [1.54, 1.807) is 12.1 Å². The fourth-order valence-corrected chi connectivity index (χ4v) is 2.93. The zero-order valence-electron chi connectivity index (χ0n) is 14.1. The van der Waals surface area contributed by atoms with Crippen molar-refractivity contribution in [3.63, 3.8) is 0 Å². The molecule has 0 bridgehead atoms. The summed E-state index contributed by atoms with van der Waals surface area (Å²) in [5.74, 6) is 0.950. The SMILES string of the molecule is CC[C@H](NC(=O)CSc1nnc(-c2ccco2)o1)c1ccc(C)cc1. The molecule has 1 atom stereocenters. The van der Waals surface area contributed by atoms with Crippen molar-refractivity contribution in [2.45, 2.75) is 31.5 Å². The van der Waals surface area contributed by atoms with E-state index in [4.69, 9.17) is 8.83 Å². The van der Waals surface area contributed by atoms with Crippen LogP contribution in [0.5, 0.6) is 0 Å². The molecule has 1 N–H and O–H groups in total. The molecule has 0 unspecified atom stereocenters. The highest BCUT2D eigenvalue weighted by atomic mass is 32.2. The minimum atomic E-state index is -0.0739. The van der Waals surface area contributed by atoms with Gasteiger partial charge in [0.25, 0.3) is 11.1 Å². The van der Waals surface area contributed by atoms with Crippen LogP contribution in [0, 0.1) is 6.92 Å². The second-order valence-corrected chi connectivity index (χ2v) is 6.50. The summed E-state index contributed by atoms with van der Waals surface area (Å²) in [4.78, 5) is 12.2. The number of furan rings is 1. The predicted octanol–water partition coefficient (Wildman–Crippen LogP) is 4.00. The lowest BCUT2D eigenvalue weighted by Gasteiger charge is -2.17. The molecular formula is C18H19N3O3S. The van der Waals surface area contributed by atoms with Gasteiger partial charge >= 0.3 is 0 Å².